The fraction of sp³-hybridized carbons (Fsp3) is 0.500. The van der Waals surface area contributed by atoms with Gasteiger partial charge in [-0.2, -0.15) is 4.89 Å². The Bertz CT molecular complexity index is 355. The van der Waals surface area contributed by atoms with Gasteiger partial charge in [0.05, 0.1) is 0 Å². The SMILES string of the molecule is CC(C)N(C(=N)OOCc1ccccc1)C(C)C. The van der Waals surface area contributed by atoms with Crippen LogP contribution in [-0.2, 0) is 16.4 Å². The predicted molar refractivity (Wildman–Crippen MR) is 72.2 cm³/mol. The van der Waals surface area contributed by atoms with Crippen molar-refractivity contribution in [3.63, 3.8) is 0 Å². The fourth-order valence-corrected chi connectivity index (χ4v) is 1.84. The molecule has 1 aromatic carbocycles. The zero-order valence-electron chi connectivity index (χ0n) is 11.5. The third-order valence-electron chi connectivity index (χ3n) is 2.55. The Balaban J connectivity index is 2.41. The first kappa shape index (κ1) is 14.5. The molecule has 4 heteroatoms. The van der Waals surface area contributed by atoms with Gasteiger partial charge in [-0.05, 0) is 33.3 Å². The number of nitrogens with zero attached hydrogens (tertiary/aromatic N) is 1. The van der Waals surface area contributed by atoms with E-state index in [2.05, 4.69) is 0 Å². The lowest BCUT2D eigenvalue weighted by molar-refractivity contribution is -0.244. The lowest BCUT2D eigenvalue weighted by Gasteiger charge is -2.30. The van der Waals surface area contributed by atoms with Gasteiger partial charge in [0.15, 0.2) is 0 Å². The van der Waals surface area contributed by atoms with Gasteiger partial charge in [0.2, 0.25) is 0 Å². The maximum Gasteiger partial charge on any atom is 0.322 e. The molecule has 4 nitrogen and oxygen atoms in total. The number of rotatable bonds is 5. The zero-order chi connectivity index (χ0) is 13.5. The number of hydrogen-bond donors (Lipinski definition) is 1. The number of amidine groups is 1. The minimum absolute atomic E-state index is 0.0518. The molecule has 0 aliphatic heterocycles. The summed E-state index contributed by atoms with van der Waals surface area (Å²) in [5.41, 5.74) is 1.02. The maximum absolute atomic E-state index is 7.85. The Kier molecular flexibility index (Phi) is 5.65. The van der Waals surface area contributed by atoms with Crippen molar-refractivity contribution in [2.45, 2.75) is 46.4 Å². The topological polar surface area (TPSA) is 45.6 Å². The lowest BCUT2D eigenvalue weighted by Crippen LogP contribution is -2.42. The summed E-state index contributed by atoms with van der Waals surface area (Å²) in [7, 11) is 0. The molecular formula is C14H22N2O2. The van der Waals surface area contributed by atoms with E-state index in [4.69, 9.17) is 15.2 Å². The van der Waals surface area contributed by atoms with Gasteiger partial charge in [-0.3, -0.25) is 4.89 Å². The average molecular weight is 250 g/mol. The van der Waals surface area contributed by atoms with Crippen molar-refractivity contribution in [3.8, 4) is 0 Å². The molecule has 0 aliphatic rings. The summed E-state index contributed by atoms with van der Waals surface area (Å²) in [5, 5.41) is 7.85. The second-order valence-electron chi connectivity index (χ2n) is 4.73. The van der Waals surface area contributed by atoms with E-state index in [-0.39, 0.29) is 18.1 Å². The summed E-state index contributed by atoms with van der Waals surface area (Å²) in [6.45, 7) is 8.43. The number of nitrogens with one attached hydrogen (secondary N) is 1. The first-order chi connectivity index (χ1) is 8.52. The first-order valence-electron chi connectivity index (χ1n) is 6.22. The average Bonchev–Trinajstić information content (AvgIpc) is 2.29. The van der Waals surface area contributed by atoms with Crippen molar-refractivity contribution in [1.29, 1.82) is 5.41 Å². The molecule has 0 aromatic heterocycles. The Morgan fingerprint density at radius 2 is 1.67 bits per heavy atom. The highest BCUT2D eigenvalue weighted by Gasteiger charge is 2.19. The Morgan fingerprint density at radius 3 is 2.17 bits per heavy atom. The second kappa shape index (κ2) is 7.01. The third-order valence-corrected chi connectivity index (χ3v) is 2.55. The van der Waals surface area contributed by atoms with Gasteiger partial charge in [-0.1, -0.05) is 30.3 Å². The van der Waals surface area contributed by atoms with Gasteiger partial charge < -0.3 is 4.90 Å². The summed E-state index contributed by atoms with van der Waals surface area (Å²) in [5.74, 6) is 0. The van der Waals surface area contributed by atoms with Crippen molar-refractivity contribution < 1.29 is 9.78 Å². The van der Waals surface area contributed by atoms with Crippen LogP contribution in [0, 0.1) is 5.41 Å². The standard InChI is InChI=1S/C14H22N2O2/c1-11(2)16(12(3)4)14(15)18-17-10-13-8-6-5-7-9-13/h5-9,11-12,15H,10H2,1-4H3. The molecule has 1 aromatic rings. The highest BCUT2D eigenvalue weighted by Crippen LogP contribution is 2.08. The molecule has 0 bridgehead atoms. The summed E-state index contributed by atoms with van der Waals surface area (Å²) in [6.07, 6.45) is 0. The molecule has 1 N–H and O–H groups in total. The van der Waals surface area contributed by atoms with E-state index < -0.39 is 0 Å². The van der Waals surface area contributed by atoms with Crippen LogP contribution >= 0.6 is 0 Å². The highest BCUT2D eigenvalue weighted by molar-refractivity contribution is 5.70. The molecule has 0 radical (unpaired) electrons. The molecule has 0 aliphatic carbocycles. The van der Waals surface area contributed by atoms with Crippen LogP contribution in [0.15, 0.2) is 30.3 Å². The van der Waals surface area contributed by atoms with Crippen molar-refractivity contribution in [2.24, 2.45) is 0 Å². The minimum Gasteiger partial charge on any atom is -0.320 e. The zero-order valence-corrected chi connectivity index (χ0v) is 11.5. The van der Waals surface area contributed by atoms with Crippen LogP contribution in [0.25, 0.3) is 0 Å². The molecule has 1 rings (SSSR count). The molecule has 0 heterocycles. The van der Waals surface area contributed by atoms with Gasteiger partial charge >= 0.3 is 6.02 Å². The Morgan fingerprint density at radius 1 is 1.11 bits per heavy atom. The van der Waals surface area contributed by atoms with Crippen LogP contribution in [0.3, 0.4) is 0 Å². The molecule has 0 atom stereocenters. The van der Waals surface area contributed by atoms with E-state index >= 15 is 0 Å². The van der Waals surface area contributed by atoms with Gasteiger partial charge in [-0.25, -0.2) is 5.41 Å². The molecule has 0 unspecified atom stereocenters. The first-order valence-corrected chi connectivity index (χ1v) is 6.22. The molecular weight excluding hydrogens is 228 g/mol. The monoisotopic (exact) mass is 250 g/mol. The third kappa shape index (κ3) is 4.37. The summed E-state index contributed by atoms with van der Waals surface area (Å²) < 4.78 is 0. The molecule has 100 valence electrons. The van der Waals surface area contributed by atoms with Crippen molar-refractivity contribution >= 4 is 6.02 Å². The van der Waals surface area contributed by atoms with Gasteiger partial charge in [0.1, 0.15) is 6.61 Å². The van der Waals surface area contributed by atoms with Crippen LogP contribution in [0.2, 0.25) is 0 Å². The smallest absolute Gasteiger partial charge is 0.320 e. The van der Waals surface area contributed by atoms with Crippen LogP contribution in [-0.4, -0.2) is 23.0 Å². The van der Waals surface area contributed by atoms with E-state index in [1.165, 1.54) is 0 Å². The minimum atomic E-state index is 0.0518. The van der Waals surface area contributed by atoms with Gasteiger partial charge in [0, 0.05) is 12.1 Å². The maximum atomic E-state index is 7.85. The van der Waals surface area contributed by atoms with Crippen LogP contribution in [0.1, 0.15) is 33.3 Å². The van der Waals surface area contributed by atoms with Crippen molar-refractivity contribution in [1.82, 2.24) is 4.90 Å². The predicted octanol–water partition coefficient (Wildman–Crippen LogP) is 3.19. The Hall–Kier alpha value is -1.55. The molecule has 0 spiro atoms. The second-order valence-corrected chi connectivity index (χ2v) is 4.73. The van der Waals surface area contributed by atoms with E-state index in [0.717, 1.165) is 5.56 Å². The normalized spacial score (nSPS) is 10.8. The summed E-state index contributed by atoms with van der Waals surface area (Å²) in [4.78, 5) is 12.0. The summed E-state index contributed by atoms with van der Waals surface area (Å²) in [6, 6.07) is 10.2. The van der Waals surface area contributed by atoms with Gasteiger partial charge in [0.25, 0.3) is 0 Å². The van der Waals surface area contributed by atoms with Crippen molar-refractivity contribution in [2.75, 3.05) is 0 Å². The number of hydrogen-bond acceptors (Lipinski definition) is 3. The van der Waals surface area contributed by atoms with Gasteiger partial charge in [-0.15, -0.1) is 0 Å². The van der Waals surface area contributed by atoms with Crippen molar-refractivity contribution in [3.05, 3.63) is 35.9 Å². The van der Waals surface area contributed by atoms with E-state index in [1.807, 2.05) is 62.9 Å². The molecule has 18 heavy (non-hydrogen) atoms. The molecule has 0 amide bonds. The van der Waals surface area contributed by atoms with Crippen LogP contribution < -0.4 is 0 Å². The molecule has 0 fully saturated rings. The molecule has 0 saturated heterocycles. The van der Waals surface area contributed by atoms with Crippen LogP contribution in [0.5, 0.6) is 0 Å². The lowest BCUT2D eigenvalue weighted by atomic mass is 10.2. The fourth-order valence-electron chi connectivity index (χ4n) is 1.84. The number of benzene rings is 1. The largest absolute Gasteiger partial charge is 0.322 e. The Labute approximate surface area is 109 Å². The molecule has 0 saturated carbocycles. The quantitative estimate of drug-likeness (QED) is 0.378. The summed E-state index contributed by atoms with van der Waals surface area (Å²) >= 11 is 0. The van der Waals surface area contributed by atoms with E-state index in [9.17, 15) is 0 Å². The van der Waals surface area contributed by atoms with E-state index in [0.29, 0.717) is 6.61 Å². The van der Waals surface area contributed by atoms with E-state index in [1.54, 1.807) is 0 Å². The van der Waals surface area contributed by atoms with Crippen LogP contribution in [0.4, 0.5) is 0 Å². The highest BCUT2D eigenvalue weighted by atomic mass is 17.2.